The third-order valence-corrected chi connectivity index (χ3v) is 3.08. The molecule has 0 amide bonds. The Hall–Kier alpha value is -1.30. The van der Waals surface area contributed by atoms with Gasteiger partial charge in [0.05, 0.1) is 0 Å². The molecule has 2 rings (SSSR count). The van der Waals surface area contributed by atoms with E-state index >= 15 is 0 Å². The van der Waals surface area contributed by atoms with Crippen LogP contribution in [-0.4, -0.2) is 0 Å². The summed E-state index contributed by atoms with van der Waals surface area (Å²) in [6.07, 6.45) is 2.23. The normalized spacial score (nSPS) is 10.9. The minimum atomic E-state index is 1.12. The van der Waals surface area contributed by atoms with Gasteiger partial charge in [-0.05, 0) is 41.7 Å². The summed E-state index contributed by atoms with van der Waals surface area (Å²) in [4.78, 5) is 0. The van der Waals surface area contributed by atoms with E-state index in [1.165, 1.54) is 27.5 Å². The Labute approximate surface area is 91.9 Å². The SMILES string of the molecule is CCc1cc(C)cc2c(CC)cccc12. The van der Waals surface area contributed by atoms with Crippen LogP contribution < -0.4 is 0 Å². The van der Waals surface area contributed by atoms with E-state index in [9.17, 15) is 0 Å². The van der Waals surface area contributed by atoms with Crippen molar-refractivity contribution >= 4 is 10.8 Å². The van der Waals surface area contributed by atoms with Crippen LogP contribution in [0.5, 0.6) is 0 Å². The highest BCUT2D eigenvalue weighted by atomic mass is 14.1. The van der Waals surface area contributed by atoms with Crippen LogP contribution in [0, 0.1) is 6.92 Å². The molecule has 0 heteroatoms. The van der Waals surface area contributed by atoms with E-state index in [0.717, 1.165) is 12.8 Å². The Balaban J connectivity index is 2.82. The zero-order valence-corrected chi connectivity index (χ0v) is 9.80. The fourth-order valence-electron chi connectivity index (χ4n) is 2.29. The molecule has 78 valence electrons. The van der Waals surface area contributed by atoms with Crippen molar-refractivity contribution in [1.29, 1.82) is 0 Å². The molecule has 2 aromatic rings. The lowest BCUT2D eigenvalue weighted by atomic mass is 9.95. The first-order chi connectivity index (χ1) is 7.26. The summed E-state index contributed by atoms with van der Waals surface area (Å²) in [6.45, 7) is 6.64. The van der Waals surface area contributed by atoms with Crippen LogP contribution in [0.1, 0.15) is 30.5 Å². The van der Waals surface area contributed by atoms with Crippen molar-refractivity contribution in [2.75, 3.05) is 0 Å². The van der Waals surface area contributed by atoms with Gasteiger partial charge in [-0.15, -0.1) is 0 Å². The number of hydrogen-bond donors (Lipinski definition) is 0. The molecule has 0 N–H and O–H groups in total. The summed E-state index contributed by atoms with van der Waals surface area (Å²) in [5, 5.41) is 2.87. The van der Waals surface area contributed by atoms with Crippen molar-refractivity contribution in [3.05, 3.63) is 47.0 Å². The maximum absolute atomic E-state index is 2.31. The summed E-state index contributed by atoms with van der Waals surface area (Å²) < 4.78 is 0. The van der Waals surface area contributed by atoms with E-state index < -0.39 is 0 Å². The molecule has 0 aliphatic carbocycles. The average Bonchev–Trinajstić information content (AvgIpc) is 2.27. The van der Waals surface area contributed by atoms with Crippen molar-refractivity contribution < 1.29 is 0 Å². The Kier molecular flexibility index (Phi) is 2.77. The maximum Gasteiger partial charge on any atom is -0.0147 e. The summed E-state index contributed by atoms with van der Waals surface area (Å²) >= 11 is 0. The molecule has 0 nitrogen and oxygen atoms in total. The molecule has 2 aromatic carbocycles. The number of aryl methyl sites for hydroxylation is 3. The smallest absolute Gasteiger partial charge is 0.0147 e. The van der Waals surface area contributed by atoms with Gasteiger partial charge in [-0.2, -0.15) is 0 Å². The van der Waals surface area contributed by atoms with E-state index in [2.05, 4.69) is 51.1 Å². The summed E-state index contributed by atoms with van der Waals surface area (Å²) in [6, 6.07) is 11.3. The average molecular weight is 198 g/mol. The molecule has 0 saturated carbocycles. The van der Waals surface area contributed by atoms with Crippen LogP contribution in [0.4, 0.5) is 0 Å². The molecule has 0 heterocycles. The van der Waals surface area contributed by atoms with E-state index in [1.807, 2.05) is 0 Å². The van der Waals surface area contributed by atoms with Crippen LogP contribution in [0.15, 0.2) is 30.3 Å². The second kappa shape index (κ2) is 4.06. The van der Waals surface area contributed by atoms with Crippen LogP contribution in [0.3, 0.4) is 0 Å². The maximum atomic E-state index is 2.31. The van der Waals surface area contributed by atoms with E-state index in [0.29, 0.717) is 0 Å². The molecule has 0 aliphatic heterocycles. The topological polar surface area (TPSA) is 0 Å². The zero-order valence-electron chi connectivity index (χ0n) is 9.80. The van der Waals surface area contributed by atoms with E-state index in [1.54, 1.807) is 0 Å². The minimum absolute atomic E-state index is 1.12. The predicted octanol–water partition coefficient (Wildman–Crippen LogP) is 4.27. The Bertz CT molecular complexity index is 481. The monoisotopic (exact) mass is 198 g/mol. The van der Waals surface area contributed by atoms with Gasteiger partial charge >= 0.3 is 0 Å². The molecule has 0 unspecified atom stereocenters. The molecular weight excluding hydrogens is 180 g/mol. The lowest BCUT2D eigenvalue weighted by Crippen LogP contribution is -1.90. The second-order valence-electron chi connectivity index (χ2n) is 4.14. The van der Waals surface area contributed by atoms with Gasteiger partial charge in [0.2, 0.25) is 0 Å². The van der Waals surface area contributed by atoms with Crippen molar-refractivity contribution in [3.8, 4) is 0 Å². The molecule has 0 spiro atoms. The van der Waals surface area contributed by atoms with Gasteiger partial charge in [-0.1, -0.05) is 49.7 Å². The van der Waals surface area contributed by atoms with Gasteiger partial charge in [-0.25, -0.2) is 0 Å². The first kappa shape index (κ1) is 10.2. The molecule has 0 atom stereocenters. The van der Waals surface area contributed by atoms with Crippen LogP contribution >= 0.6 is 0 Å². The highest BCUT2D eigenvalue weighted by Gasteiger charge is 2.03. The van der Waals surface area contributed by atoms with Crippen LogP contribution in [-0.2, 0) is 12.8 Å². The molecule has 0 aromatic heterocycles. The molecule has 0 bridgehead atoms. The first-order valence-corrected chi connectivity index (χ1v) is 5.77. The number of benzene rings is 2. The molecule has 15 heavy (non-hydrogen) atoms. The standard InChI is InChI=1S/C15H18/c1-4-12-7-6-8-14-13(5-2)9-11(3)10-15(12)14/h6-10H,4-5H2,1-3H3. The fraction of sp³-hybridized carbons (Fsp3) is 0.333. The van der Waals surface area contributed by atoms with Gasteiger partial charge in [0.1, 0.15) is 0 Å². The van der Waals surface area contributed by atoms with E-state index in [4.69, 9.17) is 0 Å². The quantitative estimate of drug-likeness (QED) is 0.676. The molecular formula is C15H18. The molecule has 0 saturated heterocycles. The predicted molar refractivity (Wildman–Crippen MR) is 67.4 cm³/mol. The fourth-order valence-corrected chi connectivity index (χ4v) is 2.29. The largest absolute Gasteiger partial charge is 0.0613 e. The van der Waals surface area contributed by atoms with Gasteiger partial charge in [0.15, 0.2) is 0 Å². The first-order valence-electron chi connectivity index (χ1n) is 5.77. The second-order valence-corrected chi connectivity index (χ2v) is 4.14. The number of hydrogen-bond acceptors (Lipinski definition) is 0. The van der Waals surface area contributed by atoms with Gasteiger partial charge in [0, 0.05) is 0 Å². The Morgan fingerprint density at radius 1 is 0.867 bits per heavy atom. The van der Waals surface area contributed by atoms with Crippen molar-refractivity contribution in [2.24, 2.45) is 0 Å². The zero-order chi connectivity index (χ0) is 10.8. The van der Waals surface area contributed by atoms with Gasteiger partial charge < -0.3 is 0 Å². The molecule has 0 radical (unpaired) electrons. The summed E-state index contributed by atoms with van der Waals surface area (Å²) in [5.74, 6) is 0. The van der Waals surface area contributed by atoms with Crippen molar-refractivity contribution in [1.82, 2.24) is 0 Å². The van der Waals surface area contributed by atoms with Crippen molar-refractivity contribution in [3.63, 3.8) is 0 Å². The Morgan fingerprint density at radius 3 is 2.27 bits per heavy atom. The number of rotatable bonds is 2. The highest BCUT2D eigenvalue weighted by Crippen LogP contribution is 2.25. The van der Waals surface area contributed by atoms with Gasteiger partial charge in [0.25, 0.3) is 0 Å². The summed E-state index contributed by atoms with van der Waals surface area (Å²) in [7, 11) is 0. The van der Waals surface area contributed by atoms with E-state index in [-0.39, 0.29) is 0 Å². The lowest BCUT2D eigenvalue weighted by molar-refractivity contribution is 1.14. The third-order valence-electron chi connectivity index (χ3n) is 3.08. The van der Waals surface area contributed by atoms with Crippen LogP contribution in [0.2, 0.25) is 0 Å². The number of fused-ring (bicyclic) bond motifs is 1. The lowest BCUT2D eigenvalue weighted by Gasteiger charge is -2.09. The Morgan fingerprint density at radius 2 is 1.60 bits per heavy atom. The molecule has 0 fully saturated rings. The third kappa shape index (κ3) is 1.77. The van der Waals surface area contributed by atoms with Crippen molar-refractivity contribution in [2.45, 2.75) is 33.6 Å². The minimum Gasteiger partial charge on any atom is -0.0613 e. The molecule has 0 aliphatic rings. The van der Waals surface area contributed by atoms with Gasteiger partial charge in [-0.3, -0.25) is 0 Å². The van der Waals surface area contributed by atoms with Crippen LogP contribution in [0.25, 0.3) is 10.8 Å². The summed E-state index contributed by atoms with van der Waals surface area (Å²) in [5.41, 5.74) is 4.31. The highest BCUT2D eigenvalue weighted by molar-refractivity contribution is 5.89.